The van der Waals surface area contributed by atoms with Gasteiger partial charge >= 0.3 is 0 Å². The van der Waals surface area contributed by atoms with Crippen LogP contribution in [0.5, 0.6) is 0 Å². The highest BCUT2D eigenvalue weighted by Gasteiger charge is 2.18. The number of aryl methyl sites for hydroxylation is 1. The summed E-state index contributed by atoms with van der Waals surface area (Å²) in [5.74, 6) is -0.170. The molecule has 0 unspecified atom stereocenters. The Kier molecular flexibility index (Phi) is 3.44. The van der Waals surface area contributed by atoms with Crippen molar-refractivity contribution in [2.24, 2.45) is 0 Å². The smallest absolute Gasteiger partial charge is 0.123 e. The Balaban J connectivity index is 2.19. The topological polar surface area (TPSA) is 23.5 Å². The van der Waals surface area contributed by atoms with E-state index >= 15 is 0 Å². The predicted octanol–water partition coefficient (Wildman–Crippen LogP) is 2.35. The molecular weight excluding hydrogens is 205 g/mol. The molecule has 0 fully saturated rings. The van der Waals surface area contributed by atoms with E-state index in [0.717, 1.165) is 37.1 Å². The summed E-state index contributed by atoms with van der Waals surface area (Å²) in [5.41, 5.74) is 2.15. The summed E-state index contributed by atoms with van der Waals surface area (Å²) in [6, 6.07) is 4.93. The third-order valence-electron chi connectivity index (χ3n) is 3.16. The first-order valence-electron chi connectivity index (χ1n) is 5.92. The first kappa shape index (κ1) is 11.4. The molecule has 16 heavy (non-hydrogen) atoms. The number of hydrogen-bond acceptors (Lipinski definition) is 2. The van der Waals surface area contributed by atoms with Crippen LogP contribution in [0, 0.1) is 5.82 Å². The van der Waals surface area contributed by atoms with Crippen molar-refractivity contribution < 1.29 is 9.50 Å². The first-order chi connectivity index (χ1) is 7.70. The molecule has 0 spiro atoms. The van der Waals surface area contributed by atoms with Crippen molar-refractivity contribution >= 4 is 5.69 Å². The van der Waals surface area contributed by atoms with Gasteiger partial charge in [0.2, 0.25) is 0 Å². The molecule has 0 aromatic heterocycles. The van der Waals surface area contributed by atoms with Crippen LogP contribution in [0.25, 0.3) is 0 Å². The average molecular weight is 223 g/mol. The molecule has 0 aliphatic carbocycles. The lowest BCUT2D eigenvalue weighted by Crippen LogP contribution is -2.36. The number of hydrogen-bond donors (Lipinski definition) is 1. The van der Waals surface area contributed by atoms with E-state index < -0.39 is 0 Å². The van der Waals surface area contributed by atoms with E-state index in [0.29, 0.717) is 6.54 Å². The van der Waals surface area contributed by atoms with Crippen LogP contribution in [0.15, 0.2) is 18.2 Å². The second-order valence-corrected chi connectivity index (χ2v) is 4.38. The van der Waals surface area contributed by atoms with Crippen molar-refractivity contribution in [2.45, 2.75) is 32.3 Å². The summed E-state index contributed by atoms with van der Waals surface area (Å²) in [7, 11) is 0. The zero-order valence-electron chi connectivity index (χ0n) is 9.62. The van der Waals surface area contributed by atoms with E-state index in [1.165, 1.54) is 6.07 Å². The number of aliphatic hydroxyl groups excluding tert-OH is 1. The fourth-order valence-electron chi connectivity index (χ4n) is 2.22. The van der Waals surface area contributed by atoms with E-state index in [2.05, 4.69) is 4.90 Å². The Morgan fingerprint density at radius 1 is 1.50 bits per heavy atom. The second kappa shape index (κ2) is 4.83. The van der Waals surface area contributed by atoms with Crippen LogP contribution in [0.1, 0.15) is 25.3 Å². The van der Waals surface area contributed by atoms with Gasteiger partial charge in [0.05, 0.1) is 6.10 Å². The molecule has 1 aliphatic heterocycles. The molecule has 88 valence electrons. The van der Waals surface area contributed by atoms with Gasteiger partial charge in [0.25, 0.3) is 0 Å². The van der Waals surface area contributed by atoms with Gasteiger partial charge in [-0.25, -0.2) is 4.39 Å². The molecule has 0 saturated carbocycles. The summed E-state index contributed by atoms with van der Waals surface area (Å²) in [6.45, 7) is 3.57. The molecule has 1 aliphatic rings. The number of halogens is 1. The van der Waals surface area contributed by atoms with Crippen LogP contribution < -0.4 is 4.90 Å². The minimum absolute atomic E-state index is 0.170. The van der Waals surface area contributed by atoms with Crippen molar-refractivity contribution in [3.63, 3.8) is 0 Å². The molecule has 1 atom stereocenters. The monoisotopic (exact) mass is 223 g/mol. The first-order valence-corrected chi connectivity index (χ1v) is 5.92. The Labute approximate surface area is 95.7 Å². The van der Waals surface area contributed by atoms with Crippen LogP contribution >= 0.6 is 0 Å². The summed E-state index contributed by atoms with van der Waals surface area (Å²) < 4.78 is 13.1. The summed E-state index contributed by atoms with van der Waals surface area (Å²) in [4.78, 5) is 2.16. The van der Waals surface area contributed by atoms with Gasteiger partial charge in [-0.3, -0.25) is 0 Å². The van der Waals surface area contributed by atoms with Gasteiger partial charge in [0.1, 0.15) is 5.82 Å². The maximum atomic E-state index is 13.1. The van der Waals surface area contributed by atoms with E-state index in [-0.39, 0.29) is 11.9 Å². The number of benzene rings is 1. The summed E-state index contributed by atoms with van der Waals surface area (Å²) in [5, 5.41) is 9.67. The maximum absolute atomic E-state index is 13.1. The van der Waals surface area contributed by atoms with E-state index in [1.807, 2.05) is 13.0 Å². The zero-order valence-corrected chi connectivity index (χ0v) is 9.62. The number of β-amino-alcohol motifs (C(OH)–C–C–N with tert-alkyl or cyclic N) is 1. The SMILES string of the molecule is CC[C@@H](O)CN1CCCc2cc(F)ccc21. The van der Waals surface area contributed by atoms with Gasteiger partial charge in [0, 0.05) is 18.8 Å². The van der Waals surface area contributed by atoms with Crippen molar-refractivity contribution in [3.05, 3.63) is 29.6 Å². The number of fused-ring (bicyclic) bond motifs is 1. The largest absolute Gasteiger partial charge is 0.391 e. The van der Waals surface area contributed by atoms with E-state index in [4.69, 9.17) is 0 Å². The Morgan fingerprint density at radius 2 is 2.31 bits per heavy atom. The molecule has 0 bridgehead atoms. The predicted molar refractivity (Wildman–Crippen MR) is 63.2 cm³/mol. The fourth-order valence-corrected chi connectivity index (χ4v) is 2.22. The highest BCUT2D eigenvalue weighted by molar-refractivity contribution is 5.55. The standard InChI is InChI=1S/C13H18FNO/c1-2-12(16)9-15-7-3-4-10-8-11(14)5-6-13(10)15/h5-6,8,12,16H,2-4,7,9H2,1H3/t12-/m1/s1. The second-order valence-electron chi connectivity index (χ2n) is 4.38. The van der Waals surface area contributed by atoms with Crippen LogP contribution in [-0.4, -0.2) is 24.3 Å². The normalized spacial score (nSPS) is 17.1. The van der Waals surface area contributed by atoms with Gasteiger partial charge in [-0.2, -0.15) is 0 Å². The Bertz CT molecular complexity index is 367. The van der Waals surface area contributed by atoms with Gasteiger partial charge in [-0.15, -0.1) is 0 Å². The van der Waals surface area contributed by atoms with Gasteiger partial charge in [0.15, 0.2) is 0 Å². The average Bonchev–Trinajstić information content (AvgIpc) is 2.28. The molecule has 0 saturated heterocycles. The zero-order chi connectivity index (χ0) is 11.5. The molecular formula is C13H18FNO. The van der Waals surface area contributed by atoms with Crippen molar-refractivity contribution in [1.82, 2.24) is 0 Å². The highest BCUT2D eigenvalue weighted by Crippen LogP contribution is 2.27. The van der Waals surface area contributed by atoms with Gasteiger partial charge in [-0.05, 0) is 43.0 Å². The highest BCUT2D eigenvalue weighted by atomic mass is 19.1. The van der Waals surface area contributed by atoms with Gasteiger partial charge < -0.3 is 10.0 Å². The number of nitrogens with zero attached hydrogens (tertiary/aromatic N) is 1. The summed E-state index contributed by atoms with van der Waals surface area (Å²) in [6.07, 6.45) is 2.43. The lowest BCUT2D eigenvalue weighted by Gasteiger charge is -2.32. The quantitative estimate of drug-likeness (QED) is 0.850. The van der Waals surface area contributed by atoms with Crippen LogP contribution in [0.4, 0.5) is 10.1 Å². The molecule has 1 heterocycles. The molecule has 1 aromatic rings. The van der Waals surface area contributed by atoms with Crippen LogP contribution in [0.2, 0.25) is 0 Å². The van der Waals surface area contributed by atoms with Crippen LogP contribution in [0.3, 0.4) is 0 Å². The van der Waals surface area contributed by atoms with Crippen molar-refractivity contribution in [2.75, 3.05) is 18.0 Å². The molecule has 1 N–H and O–H groups in total. The van der Waals surface area contributed by atoms with Crippen molar-refractivity contribution in [3.8, 4) is 0 Å². The van der Waals surface area contributed by atoms with Crippen molar-refractivity contribution in [1.29, 1.82) is 0 Å². The molecule has 2 rings (SSSR count). The number of anilines is 1. The molecule has 1 aromatic carbocycles. The third kappa shape index (κ3) is 2.35. The maximum Gasteiger partial charge on any atom is 0.123 e. The molecule has 3 heteroatoms. The number of aliphatic hydroxyl groups is 1. The van der Waals surface area contributed by atoms with Gasteiger partial charge in [-0.1, -0.05) is 6.92 Å². The fraction of sp³-hybridized carbons (Fsp3) is 0.538. The lowest BCUT2D eigenvalue weighted by molar-refractivity contribution is 0.175. The minimum atomic E-state index is -0.295. The van der Waals surface area contributed by atoms with Crippen LogP contribution in [-0.2, 0) is 6.42 Å². The lowest BCUT2D eigenvalue weighted by atomic mass is 10.0. The molecule has 0 amide bonds. The third-order valence-corrected chi connectivity index (χ3v) is 3.16. The molecule has 2 nitrogen and oxygen atoms in total. The summed E-state index contributed by atoms with van der Waals surface area (Å²) >= 11 is 0. The minimum Gasteiger partial charge on any atom is -0.391 e. The number of rotatable bonds is 3. The van der Waals surface area contributed by atoms with E-state index in [9.17, 15) is 9.50 Å². The Hall–Kier alpha value is -1.09. The van der Waals surface area contributed by atoms with E-state index in [1.54, 1.807) is 6.07 Å². The molecule has 0 radical (unpaired) electrons. The Morgan fingerprint density at radius 3 is 3.06 bits per heavy atom.